The summed E-state index contributed by atoms with van der Waals surface area (Å²) in [6, 6.07) is -0.646. The van der Waals surface area contributed by atoms with Crippen LogP contribution in [-0.2, 0) is 4.79 Å². The van der Waals surface area contributed by atoms with Crippen LogP contribution in [0, 0.1) is 0 Å². The third-order valence-electron chi connectivity index (χ3n) is 11.5. The van der Waals surface area contributed by atoms with Crippen molar-refractivity contribution >= 4 is 5.91 Å². The number of allylic oxidation sites excluding steroid dienone is 7. The zero-order valence-corrected chi connectivity index (χ0v) is 38.4. The van der Waals surface area contributed by atoms with Gasteiger partial charge in [-0.15, -0.1) is 0 Å². The van der Waals surface area contributed by atoms with Gasteiger partial charge in [0, 0.05) is 6.42 Å². The normalized spacial score (nSPS) is 13.3. The molecule has 0 aliphatic heterocycles. The molecular formula is C53H99NO3. The van der Waals surface area contributed by atoms with Crippen LogP contribution in [0.1, 0.15) is 264 Å². The molecule has 0 bridgehead atoms. The van der Waals surface area contributed by atoms with Gasteiger partial charge in [0.25, 0.3) is 0 Å². The van der Waals surface area contributed by atoms with Crippen molar-refractivity contribution in [2.24, 2.45) is 0 Å². The van der Waals surface area contributed by atoms with Crippen LogP contribution in [0.2, 0.25) is 0 Å². The molecular weight excluding hydrogens is 699 g/mol. The van der Waals surface area contributed by atoms with Crippen molar-refractivity contribution in [3.8, 4) is 0 Å². The van der Waals surface area contributed by atoms with Crippen LogP contribution in [0.25, 0.3) is 0 Å². The largest absolute Gasteiger partial charge is 0.394 e. The maximum absolute atomic E-state index is 12.4. The summed E-state index contributed by atoms with van der Waals surface area (Å²) >= 11 is 0. The number of aliphatic hydroxyl groups is 2. The van der Waals surface area contributed by atoms with E-state index in [-0.39, 0.29) is 12.5 Å². The van der Waals surface area contributed by atoms with Crippen molar-refractivity contribution < 1.29 is 15.0 Å². The Morgan fingerprint density at radius 1 is 0.404 bits per heavy atom. The molecule has 57 heavy (non-hydrogen) atoms. The first-order chi connectivity index (χ1) is 28.2. The Hall–Kier alpha value is -1.65. The van der Waals surface area contributed by atoms with Crippen LogP contribution in [0.15, 0.2) is 48.6 Å². The topological polar surface area (TPSA) is 69.6 Å². The number of amides is 1. The fourth-order valence-electron chi connectivity index (χ4n) is 7.62. The number of rotatable bonds is 46. The van der Waals surface area contributed by atoms with E-state index in [1.54, 1.807) is 6.08 Å². The molecule has 2 unspecified atom stereocenters. The molecule has 0 heterocycles. The summed E-state index contributed by atoms with van der Waals surface area (Å²) in [5.74, 6) is -0.0774. The molecule has 0 aromatic heterocycles. The summed E-state index contributed by atoms with van der Waals surface area (Å²) in [5.41, 5.74) is 0. The van der Waals surface area contributed by atoms with Gasteiger partial charge in [-0.3, -0.25) is 4.79 Å². The van der Waals surface area contributed by atoms with Crippen molar-refractivity contribution in [3.63, 3.8) is 0 Å². The second-order valence-electron chi connectivity index (χ2n) is 17.2. The Balaban J connectivity index is 3.56. The highest BCUT2D eigenvalue weighted by molar-refractivity contribution is 5.76. The highest BCUT2D eigenvalue weighted by atomic mass is 16.3. The minimum atomic E-state index is -0.871. The van der Waals surface area contributed by atoms with Gasteiger partial charge in [-0.2, -0.15) is 0 Å². The number of nitrogens with one attached hydrogen (secondary N) is 1. The van der Waals surface area contributed by atoms with E-state index in [4.69, 9.17) is 0 Å². The molecule has 334 valence electrons. The van der Waals surface area contributed by atoms with Gasteiger partial charge in [0.1, 0.15) is 0 Å². The molecule has 0 aliphatic carbocycles. The molecule has 2 atom stereocenters. The van der Waals surface area contributed by atoms with Crippen LogP contribution in [0.4, 0.5) is 0 Å². The Morgan fingerprint density at radius 3 is 1.02 bits per heavy atom. The molecule has 0 aliphatic rings. The summed E-state index contributed by atoms with van der Waals surface area (Å²) < 4.78 is 0. The van der Waals surface area contributed by atoms with Crippen molar-refractivity contribution in [2.45, 2.75) is 276 Å². The number of hydrogen-bond donors (Lipinski definition) is 3. The van der Waals surface area contributed by atoms with Gasteiger partial charge in [0.05, 0.1) is 18.8 Å². The fourth-order valence-corrected chi connectivity index (χ4v) is 7.62. The fraction of sp³-hybridized carbons (Fsp3) is 0.830. The first-order valence-electron chi connectivity index (χ1n) is 25.4. The predicted molar refractivity (Wildman–Crippen MR) is 253 cm³/mol. The van der Waals surface area contributed by atoms with Crippen LogP contribution in [0.3, 0.4) is 0 Å². The van der Waals surface area contributed by atoms with Gasteiger partial charge in [0.15, 0.2) is 0 Å². The van der Waals surface area contributed by atoms with Crippen molar-refractivity contribution in [1.29, 1.82) is 0 Å². The van der Waals surface area contributed by atoms with Gasteiger partial charge >= 0.3 is 0 Å². The quantitative estimate of drug-likeness (QED) is 0.0424. The zero-order chi connectivity index (χ0) is 41.4. The Morgan fingerprint density at radius 2 is 0.684 bits per heavy atom. The highest BCUT2D eigenvalue weighted by Gasteiger charge is 2.17. The number of carbonyl (C=O) groups excluding carboxylic acids is 1. The molecule has 0 fully saturated rings. The minimum Gasteiger partial charge on any atom is -0.394 e. The molecule has 4 heteroatoms. The number of unbranched alkanes of at least 4 members (excludes halogenated alkanes) is 33. The third kappa shape index (κ3) is 45.3. The number of carbonyl (C=O) groups is 1. The highest BCUT2D eigenvalue weighted by Crippen LogP contribution is 2.15. The van der Waals surface area contributed by atoms with E-state index in [1.165, 1.54) is 205 Å². The van der Waals surface area contributed by atoms with E-state index in [2.05, 4.69) is 55.6 Å². The number of hydrogen-bond acceptors (Lipinski definition) is 3. The standard InChI is InChI=1S/C53H99NO3/c1-3-5-7-9-11-13-15-17-19-21-23-24-25-26-27-28-29-30-31-33-35-37-39-41-43-45-47-49-53(57)54-51(50-55)52(56)48-46-44-42-40-38-36-34-32-22-20-18-16-14-12-10-8-6-4-2/h22,26-27,32,38,40,46,48,51-52,55-56H,3-21,23-25,28-31,33-37,39,41-45,47,49-50H2,1-2H3,(H,54,57)/b27-26-,32-22+,40-38+,48-46+. The maximum Gasteiger partial charge on any atom is 0.220 e. The molecule has 0 aromatic rings. The van der Waals surface area contributed by atoms with Gasteiger partial charge in [0.2, 0.25) is 5.91 Å². The third-order valence-corrected chi connectivity index (χ3v) is 11.5. The summed E-state index contributed by atoms with van der Waals surface area (Å²) in [6.07, 6.45) is 66.8. The van der Waals surface area contributed by atoms with Crippen LogP contribution in [0.5, 0.6) is 0 Å². The molecule has 0 rings (SSSR count). The Kier molecular flexibility index (Phi) is 47.3. The van der Waals surface area contributed by atoms with E-state index in [0.717, 1.165) is 38.5 Å². The summed E-state index contributed by atoms with van der Waals surface area (Å²) in [6.45, 7) is 4.30. The Bertz CT molecular complexity index is 908. The lowest BCUT2D eigenvalue weighted by Gasteiger charge is -2.19. The summed E-state index contributed by atoms with van der Waals surface area (Å²) in [4.78, 5) is 12.4. The lowest BCUT2D eigenvalue weighted by Crippen LogP contribution is -2.45. The van der Waals surface area contributed by atoms with Crippen molar-refractivity contribution in [1.82, 2.24) is 5.32 Å². The average Bonchev–Trinajstić information content (AvgIpc) is 3.22. The lowest BCUT2D eigenvalue weighted by atomic mass is 10.0. The van der Waals surface area contributed by atoms with Crippen molar-refractivity contribution in [3.05, 3.63) is 48.6 Å². The monoisotopic (exact) mass is 798 g/mol. The molecule has 0 radical (unpaired) electrons. The van der Waals surface area contributed by atoms with E-state index in [9.17, 15) is 15.0 Å². The summed E-state index contributed by atoms with van der Waals surface area (Å²) in [5, 5.41) is 23.1. The van der Waals surface area contributed by atoms with Gasteiger partial charge in [-0.1, -0.05) is 236 Å². The molecule has 0 saturated carbocycles. The lowest BCUT2D eigenvalue weighted by molar-refractivity contribution is -0.123. The second kappa shape index (κ2) is 48.7. The summed E-state index contributed by atoms with van der Waals surface area (Å²) in [7, 11) is 0. The van der Waals surface area contributed by atoms with Crippen LogP contribution < -0.4 is 5.32 Å². The van der Waals surface area contributed by atoms with Crippen molar-refractivity contribution in [2.75, 3.05) is 6.61 Å². The molecule has 1 amide bonds. The zero-order valence-electron chi connectivity index (χ0n) is 38.4. The molecule has 4 nitrogen and oxygen atoms in total. The second-order valence-corrected chi connectivity index (χ2v) is 17.2. The molecule has 0 aromatic carbocycles. The Labute approximate surface area is 356 Å². The first kappa shape index (κ1) is 55.4. The van der Waals surface area contributed by atoms with Crippen LogP contribution >= 0.6 is 0 Å². The van der Waals surface area contributed by atoms with E-state index in [0.29, 0.717) is 6.42 Å². The molecule has 0 saturated heterocycles. The minimum absolute atomic E-state index is 0.0774. The molecule has 0 spiro atoms. The van der Waals surface area contributed by atoms with Crippen LogP contribution in [-0.4, -0.2) is 34.9 Å². The van der Waals surface area contributed by atoms with Gasteiger partial charge in [-0.25, -0.2) is 0 Å². The molecule has 3 N–H and O–H groups in total. The first-order valence-corrected chi connectivity index (χ1v) is 25.4. The predicted octanol–water partition coefficient (Wildman–Crippen LogP) is 16.3. The SMILES string of the molecule is CCCCCCCCCC/C=C/CC/C=C/CC/C=C/C(O)C(CO)NC(=O)CCCCCCCCCCCCC/C=C\CCCCCCCCCCCCCC. The smallest absolute Gasteiger partial charge is 0.220 e. The van der Waals surface area contributed by atoms with E-state index in [1.807, 2.05) is 6.08 Å². The average molecular weight is 798 g/mol. The van der Waals surface area contributed by atoms with E-state index < -0.39 is 12.1 Å². The van der Waals surface area contributed by atoms with Gasteiger partial charge in [-0.05, 0) is 70.6 Å². The van der Waals surface area contributed by atoms with E-state index >= 15 is 0 Å². The van der Waals surface area contributed by atoms with Gasteiger partial charge < -0.3 is 15.5 Å². The maximum atomic E-state index is 12.4. The number of aliphatic hydroxyl groups excluding tert-OH is 2.